The summed E-state index contributed by atoms with van der Waals surface area (Å²) < 4.78 is 5.78. The van der Waals surface area contributed by atoms with E-state index in [0.717, 1.165) is 12.8 Å². The lowest BCUT2D eigenvalue weighted by atomic mass is 9.59. The van der Waals surface area contributed by atoms with Crippen molar-refractivity contribution in [1.29, 1.82) is 0 Å². The van der Waals surface area contributed by atoms with Crippen LogP contribution in [0.25, 0.3) is 0 Å². The van der Waals surface area contributed by atoms with Crippen molar-refractivity contribution in [2.45, 2.75) is 74.3 Å². The molecule has 0 saturated heterocycles. The second-order valence-electron chi connectivity index (χ2n) is 8.60. The van der Waals surface area contributed by atoms with Gasteiger partial charge in [-0.25, -0.2) is 0 Å². The van der Waals surface area contributed by atoms with Gasteiger partial charge >= 0.3 is 5.97 Å². The number of carbonyl (C=O) groups is 1. The van der Waals surface area contributed by atoms with Crippen molar-refractivity contribution in [2.75, 3.05) is 0 Å². The highest BCUT2D eigenvalue weighted by atomic mass is 16.5. The van der Waals surface area contributed by atoms with Crippen LogP contribution in [0.2, 0.25) is 0 Å². The normalized spacial score (nSPS) is 33.1. The van der Waals surface area contributed by atoms with Crippen LogP contribution in [0.15, 0.2) is 0 Å². The molecule has 1 saturated carbocycles. The second-order valence-corrected chi connectivity index (χ2v) is 8.60. The van der Waals surface area contributed by atoms with Crippen LogP contribution in [-0.4, -0.2) is 12.1 Å². The molecule has 0 radical (unpaired) electrons. The Kier molecular flexibility index (Phi) is 4.75. The molecule has 0 amide bonds. The number of carbonyl (C=O) groups excluding carboxylic acids is 1. The molecule has 0 spiro atoms. The van der Waals surface area contributed by atoms with E-state index in [4.69, 9.17) is 4.74 Å². The van der Waals surface area contributed by atoms with Gasteiger partial charge in [-0.1, -0.05) is 48.5 Å². The van der Waals surface area contributed by atoms with Crippen LogP contribution in [0.5, 0.6) is 0 Å². The zero-order valence-corrected chi connectivity index (χ0v) is 14.0. The van der Waals surface area contributed by atoms with Crippen LogP contribution in [-0.2, 0) is 9.53 Å². The molecule has 2 unspecified atom stereocenters. The van der Waals surface area contributed by atoms with Gasteiger partial charge in [0.25, 0.3) is 0 Å². The first-order chi connectivity index (χ1) is 8.43. The molecular weight excluding hydrogens is 236 g/mol. The molecule has 0 aliphatic heterocycles. The molecule has 0 aromatic rings. The lowest BCUT2D eigenvalue weighted by Crippen LogP contribution is -2.49. The standard InChI is InChI=1S/C17H32O2.H2/c1-11-9-13(16(3,4)5)15(19-12(2)18)14(10-11)17(6,7)8;/h11,13-15H,9-10H2,1-8H3;1H. The van der Waals surface area contributed by atoms with Gasteiger partial charge in [0.2, 0.25) is 0 Å². The third-order valence-corrected chi connectivity index (χ3v) is 4.63. The monoisotopic (exact) mass is 270 g/mol. The number of esters is 1. The number of hydrogen-bond acceptors (Lipinski definition) is 2. The van der Waals surface area contributed by atoms with Crippen LogP contribution in [0, 0.1) is 28.6 Å². The molecule has 2 heteroatoms. The van der Waals surface area contributed by atoms with Crippen LogP contribution in [0.1, 0.15) is 69.7 Å². The first-order valence-electron chi connectivity index (χ1n) is 7.60. The van der Waals surface area contributed by atoms with E-state index in [1.807, 2.05) is 0 Å². The van der Waals surface area contributed by atoms with Crippen molar-refractivity contribution in [3.05, 3.63) is 0 Å². The molecule has 1 fully saturated rings. The first-order valence-corrected chi connectivity index (χ1v) is 7.60. The highest BCUT2D eigenvalue weighted by molar-refractivity contribution is 5.66. The fraction of sp³-hybridized carbons (Fsp3) is 0.941. The number of rotatable bonds is 1. The SMILES string of the molecule is CC(=O)OC1C(C(C)(C)C)CC(C)CC1C(C)(C)C.[HH]. The maximum absolute atomic E-state index is 11.5. The maximum atomic E-state index is 11.5. The summed E-state index contributed by atoms with van der Waals surface area (Å²) in [7, 11) is 0. The quantitative estimate of drug-likeness (QED) is 0.632. The van der Waals surface area contributed by atoms with E-state index in [-0.39, 0.29) is 24.3 Å². The van der Waals surface area contributed by atoms with Gasteiger partial charge in [-0.05, 0) is 29.6 Å². The Morgan fingerprint density at radius 3 is 1.63 bits per heavy atom. The fourth-order valence-electron chi connectivity index (χ4n) is 3.56. The van der Waals surface area contributed by atoms with E-state index in [1.54, 1.807) is 0 Å². The topological polar surface area (TPSA) is 26.3 Å². The third-order valence-electron chi connectivity index (χ3n) is 4.63. The Labute approximate surface area is 120 Å². The lowest BCUT2D eigenvalue weighted by molar-refractivity contribution is -0.166. The van der Waals surface area contributed by atoms with Gasteiger partial charge in [-0.15, -0.1) is 0 Å². The van der Waals surface area contributed by atoms with E-state index in [9.17, 15) is 4.79 Å². The van der Waals surface area contributed by atoms with E-state index in [0.29, 0.717) is 17.8 Å². The van der Waals surface area contributed by atoms with Crippen molar-refractivity contribution >= 4 is 5.97 Å². The predicted molar refractivity (Wildman–Crippen MR) is 82.0 cm³/mol. The summed E-state index contributed by atoms with van der Waals surface area (Å²) in [6.45, 7) is 17.5. The summed E-state index contributed by atoms with van der Waals surface area (Å²) in [5, 5.41) is 0. The zero-order valence-electron chi connectivity index (χ0n) is 14.0. The highest BCUT2D eigenvalue weighted by Crippen LogP contribution is 2.49. The summed E-state index contributed by atoms with van der Waals surface area (Å²) in [6.07, 6.45) is 2.39. The molecule has 0 heterocycles. The fourth-order valence-corrected chi connectivity index (χ4v) is 3.56. The van der Waals surface area contributed by atoms with E-state index < -0.39 is 0 Å². The lowest BCUT2D eigenvalue weighted by Gasteiger charge is -2.50. The van der Waals surface area contributed by atoms with E-state index >= 15 is 0 Å². The Morgan fingerprint density at radius 2 is 1.37 bits per heavy atom. The van der Waals surface area contributed by atoms with Crippen LogP contribution in [0.4, 0.5) is 0 Å². The molecule has 0 N–H and O–H groups in total. The van der Waals surface area contributed by atoms with Crippen LogP contribution in [0.3, 0.4) is 0 Å². The Hall–Kier alpha value is -0.530. The molecule has 0 aromatic heterocycles. The molecule has 2 atom stereocenters. The average Bonchev–Trinajstić information content (AvgIpc) is 2.16. The number of hydrogen-bond donors (Lipinski definition) is 0. The maximum Gasteiger partial charge on any atom is 0.302 e. The molecule has 0 aromatic carbocycles. The minimum atomic E-state index is -0.136. The highest BCUT2D eigenvalue weighted by Gasteiger charge is 2.47. The molecule has 1 aliphatic carbocycles. The van der Waals surface area contributed by atoms with Crippen molar-refractivity contribution in [2.24, 2.45) is 28.6 Å². The molecular formula is C17H34O2. The van der Waals surface area contributed by atoms with E-state index in [2.05, 4.69) is 48.5 Å². The smallest absolute Gasteiger partial charge is 0.302 e. The van der Waals surface area contributed by atoms with Crippen molar-refractivity contribution in [3.63, 3.8) is 0 Å². The molecule has 19 heavy (non-hydrogen) atoms. The average molecular weight is 270 g/mol. The minimum Gasteiger partial charge on any atom is -0.462 e. The summed E-state index contributed by atoms with van der Waals surface area (Å²) >= 11 is 0. The Bertz CT molecular complexity index is 301. The number of ether oxygens (including phenoxy) is 1. The predicted octanol–water partition coefficient (Wildman–Crippen LogP) is 4.92. The van der Waals surface area contributed by atoms with Gasteiger partial charge in [0.1, 0.15) is 6.10 Å². The van der Waals surface area contributed by atoms with Gasteiger partial charge in [0, 0.05) is 20.2 Å². The van der Waals surface area contributed by atoms with E-state index in [1.165, 1.54) is 6.92 Å². The summed E-state index contributed by atoms with van der Waals surface area (Å²) in [5.74, 6) is 1.47. The van der Waals surface area contributed by atoms with Crippen LogP contribution >= 0.6 is 0 Å². The van der Waals surface area contributed by atoms with Crippen molar-refractivity contribution in [1.82, 2.24) is 0 Å². The largest absolute Gasteiger partial charge is 0.462 e. The van der Waals surface area contributed by atoms with Crippen molar-refractivity contribution < 1.29 is 11.0 Å². The van der Waals surface area contributed by atoms with Crippen molar-refractivity contribution in [3.8, 4) is 0 Å². The molecule has 114 valence electrons. The van der Waals surface area contributed by atoms with Gasteiger partial charge in [0.15, 0.2) is 0 Å². The summed E-state index contributed by atoms with van der Waals surface area (Å²) in [5.41, 5.74) is 0.358. The summed E-state index contributed by atoms with van der Waals surface area (Å²) in [4.78, 5) is 11.5. The minimum absolute atomic E-state index is 0. The molecule has 1 aliphatic rings. The van der Waals surface area contributed by atoms with Gasteiger partial charge < -0.3 is 4.74 Å². The third kappa shape index (κ3) is 4.22. The second kappa shape index (κ2) is 5.46. The molecule has 0 bridgehead atoms. The van der Waals surface area contributed by atoms with Gasteiger partial charge in [-0.2, -0.15) is 0 Å². The molecule has 2 nitrogen and oxygen atoms in total. The van der Waals surface area contributed by atoms with Gasteiger partial charge in [-0.3, -0.25) is 4.79 Å². The van der Waals surface area contributed by atoms with Crippen LogP contribution < -0.4 is 0 Å². The zero-order chi connectivity index (χ0) is 15.0. The Balaban J connectivity index is 0.00000361. The molecule has 1 rings (SSSR count). The first kappa shape index (κ1) is 16.5. The summed E-state index contributed by atoms with van der Waals surface area (Å²) in [6, 6.07) is 0. The Morgan fingerprint density at radius 1 is 1.00 bits per heavy atom. The van der Waals surface area contributed by atoms with Gasteiger partial charge in [0.05, 0.1) is 0 Å².